The van der Waals surface area contributed by atoms with E-state index in [1.54, 1.807) is 31.4 Å². The highest BCUT2D eigenvalue weighted by molar-refractivity contribution is 14.1. The molecule has 3 rings (SSSR count). The predicted molar refractivity (Wildman–Crippen MR) is 103 cm³/mol. The molecule has 0 saturated carbocycles. The molecule has 3 aromatic rings. The molecule has 26 heavy (non-hydrogen) atoms. The van der Waals surface area contributed by atoms with Crippen molar-refractivity contribution in [3.8, 4) is 17.4 Å². The van der Waals surface area contributed by atoms with Crippen molar-refractivity contribution < 1.29 is 23.8 Å². The average molecular weight is 483 g/mol. The number of thioether (sulfide) groups is 1. The highest BCUT2D eigenvalue weighted by Crippen LogP contribution is 2.24. The third kappa shape index (κ3) is 4.47. The van der Waals surface area contributed by atoms with Gasteiger partial charge >= 0.3 is 0 Å². The zero-order valence-corrected chi connectivity index (χ0v) is 16.6. The van der Waals surface area contributed by atoms with E-state index >= 15 is 0 Å². The molecule has 0 saturated heterocycles. The van der Waals surface area contributed by atoms with Gasteiger partial charge in [-0.05, 0) is 75.4 Å². The Bertz CT molecular complexity index is 897. The van der Waals surface area contributed by atoms with Crippen LogP contribution in [0.5, 0.6) is 11.7 Å². The Hall–Kier alpha value is -2.27. The minimum atomic E-state index is -0.590. The van der Waals surface area contributed by atoms with Gasteiger partial charge in [-0.25, -0.2) is 0 Å². The first-order valence-corrected chi connectivity index (χ1v) is 9.55. The number of nitrogens with zero attached hydrogens (tertiary/aromatic N) is 2. The molecular formula is C17H14IN3O4S. The summed E-state index contributed by atoms with van der Waals surface area (Å²) in [5.74, 6) is -0.0734. The van der Waals surface area contributed by atoms with E-state index in [-0.39, 0.29) is 16.7 Å². The number of hydrogen-bond acceptors (Lipinski definition) is 6. The molecule has 1 heterocycles. The first-order chi connectivity index (χ1) is 12.6. The third-order valence-corrected chi connectivity index (χ3v) is 5.10. The second kappa shape index (κ2) is 8.41. The van der Waals surface area contributed by atoms with Crippen molar-refractivity contribution in [1.82, 2.24) is 5.27 Å². The standard InChI is InChI=1S/C17H14IN3O4S/c1-24-14-8-6-13(7-9-14)21-16(17(23)25-20-21)26-10-15(22)19-12-4-2-11(18)3-5-12/h2-9H,10H2,1H3,(H-,19,20,22,23). The van der Waals surface area contributed by atoms with Crippen LogP contribution in [0.25, 0.3) is 5.69 Å². The average Bonchev–Trinajstić information content (AvgIpc) is 3.02. The van der Waals surface area contributed by atoms with Gasteiger partial charge < -0.3 is 19.7 Å². The monoisotopic (exact) mass is 483 g/mol. The molecule has 2 aromatic carbocycles. The number of methoxy groups -OCH3 is 1. The van der Waals surface area contributed by atoms with Crippen LogP contribution in [0.2, 0.25) is 0 Å². The molecule has 0 spiro atoms. The van der Waals surface area contributed by atoms with Crippen LogP contribution in [0.1, 0.15) is 0 Å². The summed E-state index contributed by atoms with van der Waals surface area (Å²) in [6.45, 7) is 0. The summed E-state index contributed by atoms with van der Waals surface area (Å²) in [5.41, 5.74) is 1.34. The molecule has 0 unspecified atom stereocenters. The van der Waals surface area contributed by atoms with Crippen LogP contribution >= 0.6 is 34.4 Å². The third-order valence-electron chi connectivity index (χ3n) is 3.36. The van der Waals surface area contributed by atoms with Crippen molar-refractivity contribution in [1.29, 1.82) is 0 Å². The molecule has 1 amide bonds. The minimum absolute atomic E-state index is 0.0542. The van der Waals surface area contributed by atoms with Gasteiger partial charge in [-0.15, -0.1) is 0 Å². The molecule has 0 atom stereocenters. The fourth-order valence-electron chi connectivity index (χ4n) is 2.11. The van der Waals surface area contributed by atoms with Gasteiger partial charge in [0.25, 0.3) is 5.03 Å². The summed E-state index contributed by atoms with van der Waals surface area (Å²) in [4.78, 5) is 12.1. The SMILES string of the molecule is COc1ccc(-[n+]2noc([O-])c2SCC(=O)Nc2ccc(I)cc2)cc1. The molecule has 0 fully saturated rings. The topological polar surface area (TPSA) is 91.3 Å². The highest BCUT2D eigenvalue weighted by Gasteiger charge is 2.22. The van der Waals surface area contributed by atoms with E-state index in [0.29, 0.717) is 17.1 Å². The van der Waals surface area contributed by atoms with Crippen LogP contribution in [0.3, 0.4) is 0 Å². The Balaban J connectivity index is 1.68. The van der Waals surface area contributed by atoms with Gasteiger partial charge in [-0.3, -0.25) is 4.79 Å². The van der Waals surface area contributed by atoms with Crippen molar-refractivity contribution in [2.75, 3.05) is 18.2 Å². The molecule has 1 N–H and O–H groups in total. The Morgan fingerprint density at radius 2 is 1.96 bits per heavy atom. The van der Waals surface area contributed by atoms with Gasteiger partial charge in [-0.2, -0.15) is 0 Å². The first kappa shape index (κ1) is 18.5. The largest absolute Gasteiger partial charge is 0.538 e. The summed E-state index contributed by atoms with van der Waals surface area (Å²) < 4.78 is 12.3. The number of carbonyl (C=O) groups excluding carboxylic acids is 1. The lowest BCUT2D eigenvalue weighted by molar-refractivity contribution is -0.705. The molecule has 0 aliphatic rings. The van der Waals surface area contributed by atoms with Gasteiger partial charge in [0.1, 0.15) is 5.75 Å². The number of carbonyl (C=O) groups is 1. The van der Waals surface area contributed by atoms with E-state index in [9.17, 15) is 9.90 Å². The molecule has 1 aromatic heterocycles. The van der Waals surface area contributed by atoms with Crippen molar-refractivity contribution in [2.24, 2.45) is 0 Å². The second-order valence-electron chi connectivity index (χ2n) is 5.12. The number of halogens is 1. The van der Waals surface area contributed by atoms with Crippen molar-refractivity contribution >= 4 is 45.9 Å². The fraction of sp³-hybridized carbons (Fsp3) is 0.118. The van der Waals surface area contributed by atoms with Gasteiger partial charge in [0, 0.05) is 21.4 Å². The molecule has 0 radical (unpaired) electrons. The predicted octanol–water partition coefficient (Wildman–Crippen LogP) is 2.37. The van der Waals surface area contributed by atoms with Crippen LogP contribution in [-0.4, -0.2) is 24.0 Å². The summed E-state index contributed by atoms with van der Waals surface area (Å²) in [5, 5.41) is 18.7. The molecule has 0 aliphatic carbocycles. The number of ether oxygens (including phenoxy) is 1. The Kier molecular flexibility index (Phi) is 5.99. The Labute approximate surface area is 167 Å². The van der Waals surface area contributed by atoms with Crippen LogP contribution in [-0.2, 0) is 4.79 Å². The number of amides is 1. The van der Waals surface area contributed by atoms with Gasteiger partial charge in [-0.1, -0.05) is 0 Å². The molecule has 0 aliphatic heterocycles. The Morgan fingerprint density at radius 1 is 1.27 bits per heavy atom. The van der Waals surface area contributed by atoms with E-state index in [2.05, 4.69) is 33.2 Å². The molecular weight excluding hydrogens is 469 g/mol. The first-order valence-electron chi connectivity index (χ1n) is 7.48. The van der Waals surface area contributed by atoms with E-state index < -0.39 is 5.95 Å². The summed E-state index contributed by atoms with van der Waals surface area (Å²) in [7, 11) is 1.57. The van der Waals surface area contributed by atoms with Gasteiger partial charge in [0.05, 0.1) is 18.1 Å². The second-order valence-corrected chi connectivity index (χ2v) is 7.33. The van der Waals surface area contributed by atoms with Crippen LogP contribution < -0.4 is 19.8 Å². The molecule has 134 valence electrons. The van der Waals surface area contributed by atoms with Crippen molar-refractivity contribution in [3.05, 3.63) is 52.1 Å². The summed E-state index contributed by atoms with van der Waals surface area (Å²) in [6.07, 6.45) is 0. The maximum Gasteiger partial charge on any atom is 0.298 e. The maximum absolute atomic E-state index is 12.1. The van der Waals surface area contributed by atoms with Gasteiger partial charge in [0.15, 0.2) is 5.95 Å². The van der Waals surface area contributed by atoms with Crippen molar-refractivity contribution in [3.63, 3.8) is 0 Å². The van der Waals surface area contributed by atoms with E-state index in [4.69, 9.17) is 9.26 Å². The van der Waals surface area contributed by atoms with Crippen molar-refractivity contribution in [2.45, 2.75) is 5.03 Å². The molecule has 7 nitrogen and oxygen atoms in total. The number of anilines is 1. The van der Waals surface area contributed by atoms with E-state index in [1.807, 2.05) is 24.3 Å². The van der Waals surface area contributed by atoms with Crippen LogP contribution in [0.4, 0.5) is 5.69 Å². The minimum Gasteiger partial charge on any atom is -0.538 e. The number of aromatic nitrogens is 2. The number of rotatable bonds is 6. The normalized spacial score (nSPS) is 10.5. The van der Waals surface area contributed by atoms with Crippen LogP contribution in [0, 0.1) is 3.57 Å². The Morgan fingerprint density at radius 3 is 2.62 bits per heavy atom. The summed E-state index contributed by atoms with van der Waals surface area (Å²) >= 11 is 3.26. The lowest BCUT2D eigenvalue weighted by Crippen LogP contribution is -2.35. The maximum atomic E-state index is 12.1. The fourth-order valence-corrected chi connectivity index (χ4v) is 3.23. The lowest BCUT2D eigenvalue weighted by Gasteiger charge is -2.04. The lowest BCUT2D eigenvalue weighted by atomic mass is 10.3. The number of hydrogen-bond donors (Lipinski definition) is 1. The molecule has 9 heteroatoms. The number of nitrogens with one attached hydrogen (secondary N) is 1. The highest BCUT2D eigenvalue weighted by atomic mass is 127. The zero-order valence-electron chi connectivity index (χ0n) is 13.6. The van der Waals surface area contributed by atoms with E-state index in [0.717, 1.165) is 15.3 Å². The van der Waals surface area contributed by atoms with Gasteiger partial charge in [0.2, 0.25) is 11.6 Å². The zero-order chi connectivity index (χ0) is 18.5. The summed E-state index contributed by atoms with van der Waals surface area (Å²) in [6, 6.07) is 14.4. The van der Waals surface area contributed by atoms with Crippen LogP contribution in [0.15, 0.2) is 58.1 Å². The van der Waals surface area contributed by atoms with E-state index in [1.165, 1.54) is 4.68 Å². The molecule has 0 bridgehead atoms. The smallest absolute Gasteiger partial charge is 0.298 e. The number of benzene rings is 2. The quantitative estimate of drug-likeness (QED) is 0.329.